The maximum Gasteiger partial charge on any atom is 0.307 e. The second kappa shape index (κ2) is 9.16. The summed E-state index contributed by atoms with van der Waals surface area (Å²) in [6.45, 7) is 1.55. The molecule has 31 heavy (non-hydrogen) atoms. The van der Waals surface area contributed by atoms with Gasteiger partial charge < -0.3 is 9.84 Å². The van der Waals surface area contributed by atoms with Crippen LogP contribution in [0.4, 0.5) is 8.78 Å². The highest BCUT2D eigenvalue weighted by Gasteiger charge is 2.23. The topological polar surface area (TPSA) is 49.8 Å². The van der Waals surface area contributed by atoms with Crippen LogP contribution in [0.1, 0.15) is 18.4 Å². The summed E-state index contributed by atoms with van der Waals surface area (Å²) in [5.41, 5.74) is 0.620. The van der Waals surface area contributed by atoms with E-state index in [0.29, 0.717) is 16.7 Å². The smallest absolute Gasteiger partial charge is 0.307 e. The molecular formula is C24H23F2NO3S. The first kappa shape index (κ1) is 21.5. The number of carboxylic acid groups (broad SMARTS) is 1. The molecule has 0 spiro atoms. The molecule has 1 heterocycles. The van der Waals surface area contributed by atoms with Crippen LogP contribution >= 0.6 is 10.7 Å². The predicted molar refractivity (Wildman–Crippen MR) is 120 cm³/mol. The number of piperidine rings is 1. The molecule has 0 radical (unpaired) electrons. The lowest BCUT2D eigenvalue weighted by Gasteiger charge is -2.34. The minimum Gasteiger partial charge on any atom is -0.490 e. The Morgan fingerprint density at radius 1 is 1.06 bits per heavy atom. The first-order valence-electron chi connectivity index (χ1n) is 10.0. The van der Waals surface area contributed by atoms with E-state index >= 15 is 0 Å². The standard InChI is InChI=1S/C24H23F2NO3S/c1-31(21-6-4-18(25)5-7-21)27-10-8-20(9-11-27)30-23-13-16(14-24(28)29)12-17-2-3-19(26)15-22(17)23/h2-7,12-13,15,20H,1,8-11,14H2,(H,28,29). The Morgan fingerprint density at radius 2 is 1.74 bits per heavy atom. The Kier molecular flexibility index (Phi) is 6.34. The molecule has 4 rings (SSSR count). The monoisotopic (exact) mass is 443 g/mol. The van der Waals surface area contributed by atoms with Crippen LogP contribution in [0.5, 0.6) is 5.75 Å². The van der Waals surface area contributed by atoms with Gasteiger partial charge in [0.05, 0.1) is 6.42 Å². The number of carboxylic acids is 1. The molecule has 0 bridgehead atoms. The van der Waals surface area contributed by atoms with Crippen molar-refractivity contribution in [1.82, 2.24) is 4.31 Å². The quantitative estimate of drug-likeness (QED) is 0.528. The molecule has 1 aliphatic heterocycles. The molecule has 0 aromatic heterocycles. The van der Waals surface area contributed by atoms with Crippen LogP contribution in [0.3, 0.4) is 0 Å². The van der Waals surface area contributed by atoms with Gasteiger partial charge in [0, 0.05) is 23.4 Å². The van der Waals surface area contributed by atoms with Crippen molar-refractivity contribution in [1.29, 1.82) is 0 Å². The van der Waals surface area contributed by atoms with Crippen molar-refractivity contribution in [3.05, 3.63) is 71.8 Å². The highest BCUT2D eigenvalue weighted by Crippen LogP contribution is 2.34. The minimum absolute atomic E-state index is 0.0620. The van der Waals surface area contributed by atoms with Crippen molar-refractivity contribution in [2.45, 2.75) is 30.3 Å². The normalized spacial score (nSPS) is 16.3. The number of nitrogens with zero attached hydrogens (tertiary/aromatic N) is 1. The summed E-state index contributed by atoms with van der Waals surface area (Å²) in [5, 5.41) is 10.5. The third-order valence-corrected chi connectivity index (χ3v) is 7.19. The second-order valence-corrected chi connectivity index (χ2v) is 9.31. The van der Waals surface area contributed by atoms with Gasteiger partial charge in [-0.3, -0.25) is 9.10 Å². The molecule has 1 atom stereocenters. The molecule has 1 N–H and O–H groups in total. The number of halogens is 2. The molecule has 3 aromatic carbocycles. The van der Waals surface area contributed by atoms with E-state index in [0.717, 1.165) is 36.2 Å². The number of fused-ring (bicyclic) bond motifs is 1. The summed E-state index contributed by atoms with van der Waals surface area (Å²) < 4.78 is 35.5. The maximum atomic E-state index is 13.8. The molecule has 0 aliphatic carbocycles. The van der Waals surface area contributed by atoms with Crippen LogP contribution in [-0.2, 0) is 11.2 Å². The number of carbonyl (C=O) groups is 1. The zero-order valence-electron chi connectivity index (χ0n) is 16.9. The molecule has 1 fully saturated rings. The van der Waals surface area contributed by atoms with Crippen LogP contribution in [0.15, 0.2) is 59.5 Å². The summed E-state index contributed by atoms with van der Waals surface area (Å²) in [4.78, 5) is 12.2. The van der Waals surface area contributed by atoms with Crippen LogP contribution in [0, 0.1) is 11.6 Å². The van der Waals surface area contributed by atoms with Gasteiger partial charge in [-0.2, -0.15) is 0 Å². The zero-order valence-corrected chi connectivity index (χ0v) is 17.7. The summed E-state index contributed by atoms with van der Waals surface area (Å²) in [6.07, 6.45) is 1.35. The number of aliphatic carboxylic acids is 1. The molecular weight excluding hydrogens is 420 g/mol. The van der Waals surface area contributed by atoms with Crippen LogP contribution in [0.25, 0.3) is 10.8 Å². The van der Waals surface area contributed by atoms with Crippen molar-refractivity contribution >= 4 is 33.3 Å². The van der Waals surface area contributed by atoms with Crippen molar-refractivity contribution in [2.24, 2.45) is 0 Å². The fourth-order valence-electron chi connectivity index (χ4n) is 3.82. The molecule has 0 saturated carbocycles. The minimum atomic E-state index is -0.927. The Hall–Kier alpha value is -2.77. The van der Waals surface area contributed by atoms with E-state index in [1.54, 1.807) is 30.3 Å². The van der Waals surface area contributed by atoms with Crippen LogP contribution in [0.2, 0.25) is 0 Å². The SMILES string of the molecule is C=S(c1ccc(F)cc1)N1CCC(Oc2cc(CC(=O)O)cc3ccc(F)cc23)CC1. The molecule has 3 aromatic rings. The van der Waals surface area contributed by atoms with Crippen molar-refractivity contribution in [2.75, 3.05) is 13.1 Å². The Balaban J connectivity index is 1.48. The number of hydrogen-bond acceptors (Lipinski definition) is 3. The van der Waals surface area contributed by atoms with E-state index in [2.05, 4.69) is 10.2 Å². The predicted octanol–water partition coefficient (Wildman–Crippen LogP) is 5.26. The van der Waals surface area contributed by atoms with Gasteiger partial charge in [-0.05, 0) is 66.3 Å². The molecule has 0 amide bonds. The highest BCUT2D eigenvalue weighted by molar-refractivity contribution is 8.12. The fraction of sp³-hybridized carbons (Fsp3) is 0.250. The van der Waals surface area contributed by atoms with E-state index in [9.17, 15) is 13.6 Å². The average molecular weight is 444 g/mol. The van der Waals surface area contributed by atoms with Gasteiger partial charge in [0.2, 0.25) is 0 Å². The first-order chi connectivity index (χ1) is 14.9. The summed E-state index contributed by atoms with van der Waals surface area (Å²) in [5.74, 6) is 3.21. The van der Waals surface area contributed by atoms with E-state index in [1.807, 2.05) is 0 Å². The van der Waals surface area contributed by atoms with Gasteiger partial charge in [0.25, 0.3) is 0 Å². The summed E-state index contributed by atoms with van der Waals surface area (Å²) >= 11 is 0. The van der Waals surface area contributed by atoms with Gasteiger partial charge >= 0.3 is 5.97 Å². The van der Waals surface area contributed by atoms with Gasteiger partial charge in [-0.15, -0.1) is 0 Å². The van der Waals surface area contributed by atoms with Crippen molar-refractivity contribution < 1.29 is 23.4 Å². The lowest BCUT2D eigenvalue weighted by atomic mass is 10.0. The van der Waals surface area contributed by atoms with E-state index < -0.39 is 5.97 Å². The molecule has 1 aliphatic rings. The van der Waals surface area contributed by atoms with Crippen LogP contribution in [-0.4, -0.2) is 40.4 Å². The van der Waals surface area contributed by atoms with Gasteiger partial charge in [0.1, 0.15) is 23.5 Å². The summed E-state index contributed by atoms with van der Waals surface area (Å²) in [6, 6.07) is 14.3. The molecule has 4 nitrogen and oxygen atoms in total. The van der Waals surface area contributed by atoms with E-state index in [4.69, 9.17) is 9.84 Å². The van der Waals surface area contributed by atoms with Crippen molar-refractivity contribution in [3.8, 4) is 5.75 Å². The molecule has 1 unspecified atom stereocenters. The third kappa shape index (κ3) is 5.11. The lowest BCUT2D eigenvalue weighted by Crippen LogP contribution is -2.35. The van der Waals surface area contributed by atoms with Gasteiger partial charge in [-0.1, -0.05) is 28.7 Å². The summed E-state index contributed by atoms with van der Waals surface area (Å²) in [7, 11) is -0.379. The van der Waals surface area contributed by atoms with E-state index in [1.165, 1.54) is 24.3 Å². The van der Waals surface area contributed by atoms with E-state index in [-0.39, 0.29) is 34.8 Å². The Morgan fingerprint density at radius 3 is 2.42 bits per heavy atom. The number of ether oxygens (including phenoxy) is 1. The fourth-order valence-corrected chi connectivity index (χ4v) is 5.22. The number of benzene rings is 3. The second-order valence-electron chi connectivity index (χ2n) is 7.59. The number of hydrogen-bond donors (Lipinski definition) is 1. The largest absolute Gasteiger partial charge is 0.490 e. The van der Waals surface area contributed by atoms with Crippen LogP contribution < -0.4 is 4.74 Å². The molecule has 162 valence electrons. The van der Waals surface area contributed by atoms with Gasteiger partial charge in [-0.25, -0.2) is 8.78 Å². The third-order valence-electron chi connectivity index (χ3n) is 5.39. The first-order valence-corrected chi connectivity index (χ1v) is 11.4. The lowest BCUT2D eigenvalue weighted by molar-refractivity contribution is -0.136. The highest BCUT2D eigenvalue weighted by atomic mass is 32.2. The van der Waals surface area contributed by atoms with Gasteiger partial charge in [0.15, 0.2) is 0 Å². The zero-order chi connectivity index (χ0) is 22.0. The average Bonchev–Trinajstić information content (AvgIpc) is 2.74. The maximum absolute atomic E-state index is 13.8. The van der Waals surface area contributed by atoms with Crippen molar-refractivity contribution in [3.63, 3.8) is 0 Å². The molecule has 7 heteroatoms. The Bertz CT molecular complexity index is 1130. The number of rotatable bonds is 6. The molecule has 1 saturated heterocycles. The Labute approximate surface area is 182 Å².